The Kier molecular flexibility index (Phi) is 16.6. The van der Waals surface area contributed by atoms with Gasteiger partial charge in [-0.3, -0.25) is 0 Å². The molecule has 0 atom stereocenters. The van der Waals surface area contributed by atoms with Crippen molar-refractivity contribution in [3.05, 3.63) is 5.56 Å². The van der Waals surface area contributed by atoms with Crippen LogP contribution in [0.2, 0.25) is 0 Å². The highest BCUT2D eigenvalue weighted by atomic mass is 16.6. The molecule has 7 nitrogen and oxygen atoms in total. The molecule has 1 rings (SSSR count). The van der Waals surface area contributed by atoms with Crippen molar-refractivity contribution >= 4 is 5.97 Å². The smallest absolute Gasteiger partial charge is 0.343 e. The first-order chi connectivity index (χ1) is 17.0. The molecule has 0 heterocycles. The number of aromatic hydroxyl groups is 1. The molecule has 0 fully saturated rings. The third-order valence-corrected chi connectivity index (χ3v) is 5.74. The Labute approximate surface area is 212 Å². The van der Waals surface area contributed by atoms with Crippen molar-refractivity contribution in [3.8, 4) is 28.7 Å². The van der Waals surface area contributed by atoms with E-state index in [1.54, 1.807) is 0 Å². The Morgan fingerprint density at radius 3 is 1.40 bits per heavy atom. The molecule has 1 aromatic carbocycles. The van der Waals surface area contributed by atoms with Gasteiger partial charge in [-0.15, -0.1) is 0 Å². The predicted octanol–water partition coefficient (Wildman–Crippen LogP) is 7.76. The second-order valence-corrected chi connectivity index (χ2v) is 8.92. The van der Waals surface area contributed by atoms with Gasteiger partial charge in [0.1, 0.15) is 0 Å². The van der Waals surface area contributed by atoms with Gasteiger partial charge in [0.15, 0.2) is 17.1 Å². The number of rotatable bonds is 22. The monoisotopic (exact) mass is 496 g/mol. The summed E-state index contributed by atoms with van der Waals surface area (Å²) in [4.78, 5) is 12.2. The van der Waals surface area contributed by atoms with Crippen LogP contribution in [-0.4, -0.2) is 42.6 Å². The van der Waals surface area contributed by atoms with Crippen LogP contribution >= 0.6 is 0 Å². The van der Waals surface area contributed by atoms with Crippen molar-refractivity contribution in [3.63, 3.8) is 0 Å². The van der Waals surface area contributed by atoms with Crippen LogP contribution in [0.3, 0.4) is 0 Å². The molecule has 0 aromatic heterocycles. The first-order valence-electron chi connectivity index (χ1n) is 13.7. The molecular weight excluding hydrogens is 448 g/mol. The molecule has 35 heavy (non-hydrogen) atoms. The number of carboxylic acids is 1. The molecule has 2 N–H and O–H groups in total. The summed E-state index contributed by atoms with van der Waals surface area (Å²) >= 11 is 0. The van der Waals surface area contributed by atoms with Crippen molar-refractivity contribution in [2.45, 2.75) is 111 Å². The first kappa shape index (κ1) is 30.7. The van der Waals surface area contributed by atoms with E-state index in [1.165, 1.54) is 25.7 Å². The van der Waals surface area contributed by atoms with Gasteiger partial charge in [0, 0.05) is 0 Å². The zero-order valence-corrected chi connectivity index (χ0v) is 22.5. The lowest BCUT2D eigenvalue weighted by Crippen LogP contribution is -2.12. The summed E-state index contributed by atoms with van der Waals surface area (Å²) in [5, 5.41) is 21.0. The van der Waals surface area contributed by atoms with E-state index in [4.69, 9.17) is 18.9 Å². The Morgan fingerprint density at radius 2 is 0.914 bits per heavy atom. The molecular formula is C28H48O7. The minimum absolute atomic E-state index is 0.00863. The van der Waals surface area contributed by atoms with Gasteiger partial charge in [-0.1, -0.05) is 85.5 Å². The number of hydrogen-bond acceptors (Lipinski definition) is 6. The van der Waals surface area contributed by atoms with Crippen molar-refractivity contribution in [2.75, 3.05) is 26.4 Å². The topological polar surface area (TPSA) is 94.5 Å². The molecule has 0 amide bonds. The summed E-state index contributed by atoms with van der Waals surface area (Å²) in [6, 6.07) is 0. The van der Waals surface area contributed by atoms with E-state index in [0.717, 1.165) is 57.8 Å². The van der Waals surface area contributed by atoms with Crippen LogP contribution in [0, 0.1) is 0 Å². The fourth-order valence-electron chi connectivity index (χ4n) is 3.57. The summed E-state index contributed by atoms with van der Waals surface area (Å²) in [6.07, 6.45) is 13.0. The number of phenols is 1. The molecule has 7 heteroatoms. The van der Waals surface area contributed by atoms with E-state index in [-0.39, 0.29) is 28.6 Å². The van der Waals surface area contributed by atoms with Crippen LogP contribution in [-0.2, 0) is 0 Å². The maximum absolute atomic E-state index is 12.2. The van der Waals surface area contributed by atoms with Crippen LogP contribution in [0.15, 0.2) is 0 Å². The zero-order valence-electron chi connectivity index (χ0n) is 22.5. The van der Waals surface area contributed by atoms with E-state index in [0.29, 0.717) is 26.4 Å². The molecule has 202 valence electrons. The summed E-state index contributed by atoms with van der Waals surface area (Å²) < 4.78 is 23.9. The minimum atomic E-state index is -1.30. The van der Waals surface area contributed by atoms with Gasteiger partial charge in [0.2, 0.25) is 17.2 Å². The van der Waals surface area contributed by atoms with Gasteiger partial charge in [0.05, 0.1) is 26.4 Å². The molecule has 0 spiro atoms. The number of carbonyl (C=O) groups is 1. The van der Waals surface area contributed by atoms with Crippen molar-refractivity contribution in [1.29, 1.82) is 0 Å². The van der Waals surface area contributed by atoms with Crippen LogP contribution in [0.5, 0.6) is 28.7 Å². The highest BCUT2D eigenvalue weighted by molar-refractivity contribution is 5.97. The van der Waals surface area contributed by atoms with Crippen molar-refractivity contribution < 1.29 is 34.0 Å². The fraction of sp³-hybridized carbons (Fsp3) is 0.750. The zero-order chi connectivity index (χ0) is 25.9. The van der Waals surface area contributed by atoms with E-state index >= 15 is 0 Å². The SMILES string of the molecule is CCCCCCCCCOc1c(O)c(C(=O)O)c(OCCCC)c(OCCCC)c1OCCCC. The summed E-state index contributed by atoms with van der Waals surface area (Å²) in [6.45, 7) is 9.79. The van der Waals surface area contributed by atoms with Gasteiger partial charge in [-0.05, 0) is 25.7 Å². The molecule has 0 saturated heterocycles. The van der Waals surface area contributed by atoms with Crippen LogP contribution < -0.4 is 18.9 Å². The maximum atomic E-state index is 12.2. The van der Waals surface area contributed by atoms with E-state index in [9.17, 15) is 15.0 Å². The fourth-order valence-corrected chi connectivity index (χ4v) is 3.57. The number of benzene rings is 1. The minimum Gasteiger partial charge on any atom is -0.503 e. The average Bonchev–Trinajstić information content (AvgIpc) is 2.83. The van der Waals surface area contributed by atoms with Crippen LogP contribution in [0.25, 0.3) is 0 Å². The third-order valence-electron chi connectivity index (χ3n) is 5.74. The average molecular weight is 497 g/mol. The lowest BCUT2D eigenvalue weighted by atomic mass is 10.1. The summed E-state index contributed by atoms with van der Waals surface area (Å²) in [7, 11) is 0. The first-order valence-corrected chi connectivity index (χ1v) is 13.7. The quantitative estimate of drug-likeness (QED) is 0.158. The number of hydrogen-bond donors (Lipinski definition) is 2. The van der Waals surface area contributed by atoms with Gasteiger partial charge >= 0.3 is 5.97 Å². The Balaban J connectivity index is 3.27. The van der Waals surface area contributed by atoms with Gasteiger partial charge in [0.25, 0.3) is 0 Å². The molecule has 0 bridgehead atoms. The van der Waals surface area contributed by atoms with E-state index < -0.39 is 11.7 Å². The number of carboxylic acid groups (broad SMARTS) is 1. The van der Waals surface area contributed by atoms with Crippen molar-refractivity contribution in [1.82, 2.24) is 0 Å². The normalized spacial score (nSPS) is 10.9. The van der Waals surface area contributed by atoms with E-state index in [2.05, 4.69) is 20.8 Å². The van der Waals surface area contributed by atoms with Crippen LogP contribution in [0.4, 0.5) is 0 Å². The van der Waals surface area contributed by atoms with E-state index in [1.807, 2.05) is 6.92 Å². The Morgan fingerprint density at radius 1 is 0.543 bits per heavy atom. The predicted molar refractivity (Wildman–Crippen MR) is 140 cm³/mol. The van der Waals surface area contributed by atoms with Crippen LogP contribution in [0.1, 0.15) is 122 Å². The Hall–Kier alpha value is -2.31. The number of ether oxygens (including phenoxy) is 4. The van der Waals surface area contributed by atoms with Gasteiger partial charge < -0.3 is 29.2 Å². The number of aromatic carboxylic acids is 1. The van der Waals surface area contributed by atoms with Gasteiger partial charge in [-0.2, -0.15) is 0 Å². The highest BCUT2D eigenvalue weighted by Gasteiger charge is 2.32. The second-order valence-electron chi connectivity index (χ2n) is 8.92. The molecule has 0 aliphatic rings. The lowest BCUT2D eigenvalue weighted by molar-refractivity contribution is 0.0685. The molecule has 0 aliphatic heterocycles. The maximum Gasteiger partial charge on any atom is 0.343 e. The molecule has 0 aliphatic carbocycles. The third kappa shape index (κ3) is 10.9. The van der Waals surface area contributed by atoms with Crippen molar-refractivity contribution in [2.24, 2.45) is 0 Å². The summed E-state index contributed by atoms with van der Waals surface area (Å²) in [5.74, 6) is -1.30. The molecule has 0 unspecified atom stereocenters. The standard InChI is InChI=1S/C28H48O7/c1-5-9-13-14-15-16-17-21-33-25-23(29)22(28(30)31)24(32-18-10-6-2)26(34-19-11-7-3)27(25)35-20-12-8-4/h29H,5-21H2,1-4H3,(H,30,31). The van der Waals surface area contributed by atoms with Gasteiger partial charge in [-0.25, -0.2) is 4.79 Å². The Bertz CT molecular complexity index is 718. The largest absolute Gasteiger partial charge is 0.503 e. The molecule has 0 radical (unpaired) electrons. The lowest BCUT2D eigenvalue weighted by Gasteiger charge is -2.23. The molecule has 0 saturated carbocycles. The number of unbranched alkanes of at least 4 members (excludes halogenated alkanes) is 9. The highest BCUT2D eigenvalue weighted by Crippen LogP contribution is 2.53. The second kappa shape index (κ2) is 18.9. The molecule has 1 aromatic rings. The summed E-state index contributed by atoms with van der Waals surface area (Å²) in [5.41, 5.74) is -0.343.